The van der Waals surface area contributed by atoms with Gasteiger partial charge in [-0.2, -0.15) is 0 Å². The van der Waals surface area contributed by atoms with E-state index < -0.39 is 0 Å². The third kappa shape index (κ3) is 1.67. The van der Waals surface area contributed by atoms with Crippen molar-refractivity contribution in [3.8, 4) is 0 Å². The molecule has 2 aliphatic carbocycles. The standard InChI is InChI=1S/C12H20N2O/c15-11-12(6-7-12)13-9-14(11)8-5-10-3-1-2-4-10/h10,13H,1-9H2. The van der Waals surface area contributed by atoms with Crippen LogP contribution in [-0.4, -0.2) is 29.6 Å². The summed E-state index contributed by atoms with van der Waals surface area (Å²) in [5, 5.41) is 3.36. The van der Waals surface area contributed by atoms with Gasteiger partial charge < -0.3 is 4.90 Å². The summed E-state index contributed by atoms with van der Waals surface area (Å²) in [6, 6.07) is 0. The van der Waals surface area contributed by atoms with Gasteiger partial charge >= 0.3 is 0 Å². The van der Waals surface area contributed by atoms with Gasteiger partial charge in [-0.3, -0.25) is 10.1 Å². The van der Waals surface area contributed by atoms with Gasteiger partial charge in [-0.1, -0.05) is 25.7 Å². The molecule has 0 aromatic rings. The highest BCUT2D eigenvalue weighted by Gasteiger charge is 2.55. The lowest BCUT2D eigenvalue weighted by Gasteiger charge is -2.17. The number of rotatable bonds is 3. The van der Waals surface area contributed by atoms with Crippen LogP contribution in [-0.2, 0) is 4.79 Å². The van der Waals surface area contributed by atoms with Crippen LogP contribution >= 0.6 is 0 Å². The molecule has 15 heavy (non-hydrogen) atoms. The van der Waals surface area contributed by atoms with Crippen LogP contribution in [0.4, 0.5) is 0 Å². The van der Waals surface area contributed by atoms with Gasteiger partial charge in [0.15, 0.2) is 0 Å². The molecule has 1 spiro atoms. The fourth-order valence-corrected chi connectivity index (χ4v) is 3.03. The Bertz CT molecular complexity index is 267. The Morgan fingerprint density at radius 1 is 1.33 bits per heavy atom. The fraction of sp³-hybridized carbons (Fsp3) is 0.917. The van der Waals surface area contributed by atoms with E-state index >= 15 is 0 Å². The van der Waals surface area contributed by atoms with Crippen LogP contribution < -0.4 is 5.32 Å². The molecule has 3 heteroatoms. The Balaban J connectivity index is 1.49. The molecule has 0 atom stereocenters. The molecule has 84 valence electrons. The maximum Gasteiger partial charge on any atom is 0.243 e. The predicted octanol–water partition coefficient (Wildman–Crippen LogP) is 1.49. The molecular formula is C12H20N2O. The minimum Gasteiger partial charge on any atom is -0.328 e. The summed E-state index contributed by atoms with van der Waals surface area (Å²) in [5.74, 6) is 1.27. The van der Waals surface area contributed by atoms with Crippen molar-refractivity contribution in [1.29, 1.82) is 0 Å². The molecule has 0 aromatic heterocycles. The van der Waals surface area contributed by atoms with Gasteiger partial charge in [-0.25, -0.2) is 0 Å². The Labute approximate surface area is 91.2 Å². The maximum atomic E-state index is 12.0. The predicted molar refractivity (Wildman–Crippen MR) is 58.3 cm³/mol. The summed E-state index contributed by atoms with van der Waals surface area (Å²) < 4.78 is 0. The minimum atomic E-state index is -0.0876. The summed E-state index contributed by atoms with van der Waals surface area (Å²) in [6.07, 6.45) is 8.93. The van der Waals surface area contributed by atoms with Crippen molar-refractivity contribution < 1.29 is 4.79 Å². The molecule has 0 radical (unpaired) electrons. The van der Waals surface area contributed by atoms with E-state index in [0.717, 1.165) is 32.0 Å². The van der Waals surface area contributed by atoms with Crippen molar-refractivity contribution in [1.82, 2.24) is 10.2 Å². The Morgan fingerprint density at radius 3 is 2.67 bits per heavy atom. The highest BCUT2D eigenvalue weighted by molar-refractivity contribution is 5.91. The van der Waals surface area contributed by atoms with Crippen molar-refractivity contribution in [3.63, 3.8) is 0 Å². The summed E-state index contributed by atoms with van der Waals surface area (Å²) in [4.78, 5) is 14.0. The quantitative estimate of drug-likeness (QED) is 0.762. The van der Waals surface area contributed by atoms with Gasteiger partial charge in [0.25, 0.3) is 0 Å². The molecule has 0 unspecified atom stereocenters. The molecule has 1 heterocycles. The van der Waals surface area contributed by atoms with Gasteiger partial charge in [0, 0.05) is 6.54 Å². The number of nitrogens with one attached hydrogen (secondary N) is 1. The molecule has 1 N–H and O–H groups in total. The van der Waals surface area contributed by atoms with Crippen LogP contribution in [0.5, 0.6) is 0 Å². The first kappa shape index (κ1) is 9.64. The molecular weight excluding hydrogens is 188 g/mol. The van der Waals surface area contributed by atoms with E-state index in [-0.39, 0.29) is 5.54 Å². The molecule has 1 saturated heterocycles. The maximum absolute atomic E-state index is 12.0. The number of hydrogen-bond acceptors (Lipinski definition) is 2. The van der Waals surface area contributed by atoms with E-state index in [0.29, 0.717) is 5.91 Å². The largest absolute Gasteiger partial charge is 0.328 e. The number of carbonyl (C=O) groups is 1. The molecule has 1 amide bonds. The van der Waals surface area contributed by atoms with Crippen LogP contribution in [0.1, 0.15) is 44.9 Å². The zero-order chi connectivity index (χ0) is 10.3. The fourth-order valence-electron chi connectivity index (χ4n) is 3.03. The van der Waals surface area contributed by atoms with Gasteiger partial charge in [0.05, 0.1) is 12.2 Å². The van der Waals surface area contributed by atoms with Crippen LogP contribution in [0.15, 0.2) is 0 Å². The summed E-state index contributed by atoms with van der Waals surface area (Å²) >= 11 is 0. The second-order valence-corrected chi connectivity index (χ2v) is 5.42. The molecule has 0 bridgehead atoms. The third-order valence-electron chi connectivity index (χ3n) is 4.34. The van der Waals surface area contributed by atoms with Crippen LogP contribution in [0.2, 0.25) is 0 Å². The van der Waals surface area contributed by atoms with Gasteiger partial charge in [0.2, 0.25) is 5.91 Å². The van der Waals surface area contributed by atoms with Crippen molar-refractivity contribution >= 4 is 5.91 Å². The average molecular weight is 208 g/mol. The van der Waals surface area contributed by atoms with E-state index in [1.54, 1.807) is 0 Å². The second-order valence-electron chi connectivity index (χ2n) is 5.42. The van der Waals surface area contributed by atoms with E-state index in [4.69, 9.17) is 0 Å². The second kappa shape index (κ2) is 3.48. The first-order chi connectivity index (χ1) is 7.30. The molecule has 3 fully saturated rings. The number of nitrogens with zero attached hydrogens (tertiary/aromatic N) is 1. The molecule has 2 saturated carbocycles. The monoisotopic (exact) mass is 208 g/mol. The van der Waals surface area contributed by atoms with Crippen molar-refractivity contribution in [2.45, 2.75) is 50.5 Å². The smallest absolute Gasteiger partial charge is 0.243 e. The number of hydrogen-bond donors (Lipinski definition) is 1. The van der Waals surface area contributed by atoms with E-state index in [2.05, 4.69) is 5.32 Å². The molecule has 3 rings (SSSR count). The lowest BCUT2D eigenvalue weighted by atomic mass is 10.0. The topological polar surface area (TPSA) is 32.3 Å². The molecule has 3 aliphatic rings. The highest BCUT2D eigenvalue weighted by Crippen LogP contribution is 2.40. The number of carbonyl (C=O) groups excluding carboxylic acids is 1. The first-order valence-electron chi connectivity index (χ1n) is 6.35. The Hall–Kier alpha value is -0.570. The molecule has 0 aromatic carbocycles. The normalized spacial score (nSPS) is 29.3. The molecule has 3 nitrogen and oxygen atoms in total. The lowest BCUT2D eigenvalue weighted by Crippen LogP contribution is -2.33. The third-order valence-corrected chi connectivity index (χ3v) is 4.34. The van der Waals surface area contributed by atoms with E-state index in [9.17, 15) is 4.79 Å². The zero-order valence-corrected chi connectivity index (χ0v) is 9.30. The first-order valence-corrected chi connectivity index (χ1v) is 6.35. The van der Waals surface area contributed by atoms with Crippen LogP contribution in [0.3, 0.4) is 0 Å². The molecule has 1 aliphatic heterocycles. The lowest BCUT2D eigenvalue weighted by molar-refractivity contribution is -0.129. The van der Waals surface area contributed by atoms with E-state index in [1.165, 1.54) is 32.1 Å². The summed E-state index contributed by atoms with van der Waals surface area (Å²) in [7, 11) is 0. The summed E-state index contributed by atoms with van der Waals surface area (Å²) in [5.41, 5.74) is -0.0876. The number of amides is 1. The SMILES string of the molecule is O=C1N(CCC2CCCC2)CNC12CC2. The average Bonchev–Trinajstić information content (AvgIpc) is 2.72. The Kier molecular flexibility index (Phi) is 2.23. The van der Waals surface area contributed by atoms with Crippen molar-refractivity contribution in [2.75, 3.05) is 13.2 Å². The van der Waals surface area contributed by atoms with Crippen LogP contribution in [0, 0.1) is 5.92 Å². The van der Waals surface area contributed by atoms with Crippen molar-refractivity contribution in [3.05, 3.63) is 0 Å². The van der Waals surface area contributed by atoms with Gasteiger partial charge in [-0.05, 0) is 25.2 Å². The van der Waals surface area contributed by atoms with Gasteiger partial charge in [0.1, 0.15) is 0 Å². The Morgan fingerprint density at radius 2 is 2.07 bits per heavy atom. The minimum absolute atomic E-state index is 0.0876. The van der Waals surface area contributed by atoms with Crippen molar-refractivity contribution in [2.24, 2.45) is 5.92 Å². The summed E-state index contributed by atoms with van der Waals surface area (Å²) in [6.45, 7) is 1.78. The van der Waals surface area contributed by atoms with Crippen LogP contribution in [0.25, 0.3) is 0 Å². The van der Waals surface area contributed by atoms with E-state index in [1.807, 2.05) is 4.90 Å². The zero-order valence-electron chi connectivity index (χ0n) is 9.30. The highest BCUT2D eigenvalue weighted by atomic mass is 16.2. The van der Waals surface area contributed by atoms with Gasteiger partial charge in [-0.15, -0.1) is 0 Å².